The molecule has 1 saturated heterocycles. The van der Waals surface area contributed by atoms with Gasteiger partial charge in [0.15, 0.2) is 0 Å². The van der Waals surface area contributed by atoms with Gasteiger partial charge in [0.25, 0.3) is 0 Å². The number of carbonyl (C=O) groups is 2. The molecule has 7 nitrogen and oxygen atoms in total. The number of nitrogens with two attached hydrogens (primary N) is 1. The van der Waals surface area contributed by atoms with E-state index in [4.69, 9.17) is 5.73 Å². The van der Waals surface area contributed by atoms with Gasteiger partial charge in [-0.05, 0) is 43.4 Å². The average molecular weight is 352 g/mol. The van der Waals surface area contributed by atoms with Gasteiger partial charge in [-0.15, -0.1) is 0 Å². The van der Waals surface area contributed by atoms with Crippen molar-refractivity contribution in [3.05, 3.63) is 29.8 Å². The van der Waals surface area contributed by atoms with Crippen LogP contribution >= 0.6 is 0 Å². The maximum Gasteiger partial charge on any atom is 0.322 e. The van der Waals surface area contributed by atoms with Crippen molar-refractivity contribution in [1.29, 1.82) is 0 Å². The van der Waals surface area contributed by atoms with Crippen LogP contribution in [-0.4, -0.2) is 41.8 Å². The molecule has 130 valence electrons. The molecule has 0 radical (unpaired) electrons. The van der Waals surface area contributed by atoms with Gasteiger partial charge in [-0.1, -0.05) is 18.9 Å². The maximum atomic E-state index is 13.1. The van der Waals surface area contributed by atoms with Crippen molar-refractivity contribution in [2.75, 3.05) is 0 Å². The monoisotopic (exact) mass is 352 g/mol. The van der Waals surface area contributed by atoms with Crippen LogP contribution in [0.5, 0.6) is 0 Å². The second kappa shape index (κ2) is 6.18. The van der Waals surface area contributed by atoms with Crippen molar-refractivity contribution in [3.8, 4) is 0 Å². The van der Waals surface area contributed by atoms with Gasteiger partial charge in [0.2, 0.25) is 15.9 Å². The van der Waals surface area contributed by atoms with Gasteiger partial charge in [-0.2, -0.15) is 4.31 Å². The number of hydrogen-bond acceptors (Lipinski definition) is 4. The number of hydrogen-bond donors (Lipinski definition) is 2. The number of nitrogens with zero attached hydrogens (tertiary/aromatic N) is 1. The van der Waals surface area contributed by atoms with Gasteiger partial charge in [0.1, 0.15) is 6.04 Å². The number of primary amides is 1. The smallest absolute Gasteiger partial charge is 0.322 e. The second-order valence-corrected chi connectivity index (χ2v) is 8.27. The first kappa shape index (κ1) is 16.9. The molecule has 0 aromatic heterocycles. The molecule has 3 unspecified atom stereocenters. The lowest BCUT2D eigenvalue weighted by Gasteiger charge is -2.32. The van der Waals surface area contributed by atoms with E-state index in [-0.39, 0.29) is 22.4 Å². The van der Waals surface area contributed by atoms with E-state index in [1.807, 2.05) is 0 Å². The zero-order valence-corrected chi connectivity index (χ0v) is 13.9. The van der Waals surface area contributed by atoms with Crippen molar-refractivity contribution >= 4 is 21.9 Å². The standard InChI is InChI=1S/C16H20N2O5S/c17-15(19)11-5-3-6-12(8-11)24(22,23)18-13-7-2-1-4-10(13)9-14(18)16(20)21/h3,5-6,8,10,13-14H,1-2,4,7,9H2,(H2,17,19)(H,20,21). The molecule has 1 aromatic rings. The van der Waals surface area contributed by atoms with E-state index in [2.05, 4.69) is 0 Å². The summed E-state index contributed by atoms with van der Waals surface area (Å²) in [6, 6.07) is 4.12. The summed E-state index contributed by atoms with van der Waals surface area (Å²) in [5.74, 6) is -1.77. The Labute approximate surface area is 140 Å². The summed E-state index contributed by atoms with van der Waals surface area (Å²) in [6.45, 7) is 0. The number of carboxylic acids is 1. The third kappa shape index (κ3) is 2.80. The SMILES string of the molecule is NC(=O)c1cccc(S(=O)(=O)N2C(C(=O)O)CC3CCCCC32)c1. The van der Waals surface area contributed by atoms with E-state index in [9.17, 15) is 23.1 Å². The summed E-state index contributed by atoms with van der Waals surface area (Å²) < 4.78 is 27.3. The first-order chi connectivity index (χ1) is 11.3. The molecule has 3 atom stereocenters. The minimum atomic E-state index is -4.01. The molecule has 0 bridgehead atoms. The van der Waals surface area contributed by atoms with Crippen LogP contribution < -0.4 is 5.73 Å². The van der Waals surface area contributed by atoms with Crippen molar-refractivity contribution < 1.29 is 23.1 Å². The number of amides is 1. The molecular formula is C16H20N2O5S. The molecule has 3 N–H and O–H groups in total. The molecule has 24 heavy (non-hydrogen) atoms. The number of sulfonamides is 1. The van der Waals surface area contributed by atoms with E-state index in [1.165, 1.54) is 24.3 Å². The molecule has 1 aromatic carbocycles. The number of fused-ring (bicyclic) bond motifs is 1. The number of benzene rings is 1. The van der Waals surface area contributed by atoms with Crippen LogP contribution in [0.4, 0.5) is 0 Å². The largest absolute Gasteiger partial charge is 0.480 e. The third-order valence-electron chi connectivity index (χ3n) is 5.01. The summed E-state index contributed by atoms with van der Waals surface area (Å²) >= 11 is 0. The quantitative estimate of drug-likeness (QED) is 0.844. The van der Waals surface area contributed by atoms with Crippen LogP contribution in [0.3, 0.4) is 0 Å². The number of rotatable bonds is 4. The Morgan fingerprint density at radius 3 is 2.58 bits per heavy atom. The Morgan fingerprint density at radius 2 is 1.92 bits per heavy atom. The fraction of sp³-hybridized carbons (Fsp3) is 0.500. The molecule has 3 rings (SSSR count). The van der Waals surface area contributed by atoms with Gasteiger partial charge in [0, 0.05) is 11.6 Å². The zero-order chi connectivity index (χ0) is 17.5. The lowest BCUT2D eigenvalue weighted by Crippen LogP contribution is -2.46. The summed E-state index contributed by atoms with van der Waals surface area (Å²) in [4.78, 5) is 22.9. The molecule has 1 amide bonds. The zero-order valence-electron chi connectivity index (χ0n) is 13.1. The van der Waals surface area contributed by atoms with Crippen LogP contribution in [-0.2, 0) is 14.8 Å². The predicted molar refractivity (Wildman–Crippen MR) is 85.8 cm³/mol. The Kier molecular flexibility index (Phi) is 4.35. The maximum absolute atomic E-state index is 13.1. The van der Waals surface area contributed by atoms with E-state index < -0.39 is 27.9 Å². The van der Waals surface area contributed by atoms with E-state index in [0.717, 1.165) is 23.6 Å². The second-order valence-electron chi connectivity index (χ2n) is 6.43. The Balaban J connectivity index is 2.04. The molecule has 1 aliphatic heterocycles. The summed E-state index contributed by atoms with van der Waals surface area (Å²) in [5, 5.41) is 9.50. The van der Waals surface area contributed by atoms with E-state index in [0.29, 0.717) is 12.8 Å². The molecule has 1 saturated carbocycles. The Morgan fingerprint density at radius 1 is 1.21 bits per heavy atom. The summed E-state index contributed by atoms with van der Waals surface area (Å²) in [7, 11) is -4.01. The molecule has 1 heterocycles. The normalized spacial score (nSPS) is 27.6. The van der Waals surface area contributed by atoms with Gasteiger partial charge >= 0.3 is 5.97 Å². The highest BCUT2D eigenvalue weighted by Crippen LogP contribution is 2.42. The fourth-order valence-electron chi connectivity index (χ4n) is 3.91. The topological polar surface area (TPSA) is 118 Å². The number of aliphatic carboxylic acids is 1. The molecule has 1 aliphatic carbocycles. The summed E-state index contributed by atoms with van der Waals surface area (Å²) in [5.41, 5.74) is 5.31. The van der Waals surface area contributed by atoms with Gasteiger partial charge in [-0.3, -0.25) is 9.59 Å². The number of carbonyl (C=O) groups excluding carboxylic acids is 1. The summed E-state index contributed by atoms with van der Waals surface area (Å²) in [6.07, 6.45) is 3.75. The highest BCUT2D eigenvalue weighted by molar-refractivity contribution is 7.89. The molecule has 0 spiro atoms. The van der Waals surface area contributed by atoms with Crippen LogP contribution in [0.25, 0.3) is 0 Å². The van der Waals surface area contributed by atoms with E-state index >= 15 is 0 Å². The van der Waals surface area contributed by atoms with Crippen LogP contribution in [0.2, 0.25) is 0 Å². The Hall–Kier alpha value is -1.93. The van der Waals surface area contributed by atoms with Crippen molar-refractivity contribution in [2.24, 2.45) is 11.7 Å². The lowest BCUT2D eigenvalue weighted by molar-refractivity contribution is -0.141. The third-order valence-corrected chi connectivity index (χ3v) is 6.94. The fourth-order valence-corrected chi connectivity index (χ4v) is 5.82. The highest BCUT2D eigenvalue weighted by atomic mass is 32.2. The van der Waals surface area contributed by atoms with Crippen molar-refractivity contribution in [1.82, 2.24) is 4.31 Å². The molecule has 8 heteroatoms. The number of carboxylic acid groups (broad SMARTS) is 1. The van der Waals surface area contributed by atoms with Gasteiger partial charge in [0.05, 0.1) is 4.90 Å². The molecule has 2 fully saturated rings. The van der Waals surface area contributed by atoms with Gasteiger partial charge in [-0.25, -0.2) is 8.42 Å². The lowest BCUT2D eigenvalue weighted by atomic mass is 9.85. The predicted octanol–water partition coefficient (Wildman–Crippen LogP) is 1.19. The molecule has 2 aliphatic rings. The molecular weight excluding hydrogens is 332 g/mol. The minimum Gasteiger partial charge on any atom is -0.480 e. The van der Waals surface area contributed by atoms with Crippen molar-refractivity contribution in [3.63, 3.8) is 0 Å². The average Bonchev–Trinajstić information content (AvgIpc) is 2.95. The van der Waals surface area contributed by atoms with E-state index in [1.54, 1.807) is 0 Å². The first-order valence-electron chi connectivity index (χ1n) is 7.98. The van der Waals surface area contributed by atoms with Crippen LogP contribution in [0.1, 0.15) is 42.5 Å². The highest BCUT2D eigenvalue weighted by Gasteiger charge is 2.51. The van der Waals surface area contributed by atoms with Gasteiger partial charge < -0.3 is 10.8 Å². The van der Waals surface area contributed by atoms with Crippen LogP contribution in [0, 0.1) is 5.92 Å². The van der Waals surface area contributed by atoms with Crippen molar-refractivity contribution in [2.45, 2.75) is 49.1 Å². The minimum absolute atomic E-state index is 0.0777. The van der Waals surface area contributed by atoms with Crippen LogP contribution in [0.15, 0.2) is 29.2 Å². The Bertz CT molecular complexity index is 776. The first-order valence-corrected chi connectivity index (χ1v) is 9.42.